The van der Waals surface area contributed by atoms with Crippen LogP contribution in [0.15, 0.2) is 115 Å². The maximum absolute atomic E-state index is 6.93. The lowest BCUT2D eigenvalue weighted by atomic mass is 9.92. The number of fused-ring (bicyclic) bond motifs is 6. The Bertz CT molecular complexity index is 1720. The molecule has 0 radical (unpaired) electrons. The van der Waals surface area contributed by atoms with E-state index in [0.717, 1.165) is 23.4 Å². The lowest BCUT2D eigenvalue weighted by molar-refractivity contribution is 0.456. The molecule has 2 atom stereocenters. The monoisotopic (exact) mass is 493 g/mol. The van der Waals surface area contributed by atoms with E-state index < -0.39 is 0 Å². The van der Waals surface area contributed by atoms with Gasteiger partial charge in [-0.1, -0.05) is 93.1 Å². The van der Waals surface area contributed by atoms with Gasteiger partial charge in [-0.15, -0.1) is 0 Å². The number of para-hydroxylation sites is 4. The molecule has 3 nitrogen and oxygen atoms in total. The number of nitrogens with two attached hydrogens (primary N) is 1. The van der Waals surface area contributed by atoms with Gasteiger partial charge in [-0.05, 0) is 53.9 Å². The van der Waals surface area contributed by atoms with Crippen molar-refractivity contribution in [2.24, 2.45) is 11.7 Å². The van der Waals surface area contributed by atoms with E-state index in [1.807, 2.05) is 0 Å². The number of nitrogens with zero attached hydrogens (tertiary/aromatic N) is 2. The molecule has 3 heteroatoms. The van der Waals surface area contributed by atoms with Gasteiger partial charge in [0.25, 0.3) is 0 Å². The second kappa shape index (κ2) is 8.90. The van der Waals surface area contributed by atoms with Gasteiger partial charge in [-0.2, -0.15) is 0 Å². The van der Waals surface area contributed by atoms with Gasteiger partial charge < -0.3 is 14.9 Å². The first-order valence-corrected chi connectivity index (χ1v) is 13.5. The summed E-state index contributed by atoms with van der Waals surface area (Å²) < 4.78 is 4.80. The molecule has 0 spiro atoms. The first-order valence-electron chi connectivity index (χ1n) is 13.5. The van der Waals surface area contributed by atoms with Crippen molar-refractivity contribution in [1.82, 2.24) is 9.13 Å². The van der Waals surface area contributed by atoms with Crippen molar-refractivity contribution in [3.63, 3.8) is 0 Å². The second-order valence-electron chi connectivity index (χ2n) is 10.4. The molecular formula is C35H31N3. The third-order valence-corrected chi connectivity index (χ3v) is 8.24. The molecule has 5 aromatic carbocycles. The highest BCUT2D eigenvalue weighted by Crippen LogP contribution is 2.37. The van der Waals surface area contributed by atoms with Crippen LogP contribution in [0, 0.1) is 5.92 Å². The molecule has 2 heterocycles. The lowest BCUT2D eigenvalue weighted by Crippen LogP contribution is -2.19. The van der Waals surface area contributed by atoms with Crippen molar-refractivity contribution < 1.29 is 0 Å². The van der Waals surface area contributed by atoms with Gasteiger partial charge >= 0.3 is 0 Å². The summed E-state index contributed by atoms with van der Waals surface area (Å²) in [6, 6.07) is 41.6. The fraction of sp³-hybridized carbons (Fsp3) is 0.143. The zero-order valence-corrected chi connectivity index (χ0v) is 21.8. The molecule has 0 aliphatic rings. The van der Waals surface area contributed by atoms with E-state index >= 15 is 0 Å². The highest BCUT2D eigenvalue weighted by molar-refractivity contribution is 6.10. The van der Waals surface area contributed by atoms with Gasteiger partial charge in [-0.3, -0.25) is 0 Å². The van der Waals surface area contributed by atoms with Crippen LogP contribution in [-0.4, -0.2) is 9.13 Å². The van der Waals surface area contributed by atoms with Crippen LogP contribution in [0.1, 0.15) is 31.9 Å². The van der Waals surface area contributed by atoms with Gasteiger partial charge in [0.15, 0.2) is 0 Å². The van der Waals surface area contributed by atoms with Gasteiger partial charge in [0.2, 0.25) is 0 Å². The van der Waals surface area contributed by atoms with Crippen molar-refractivity contribution in [3.8, 4) is 11.4 Å². The fourth-order valence-electron chi connectivity index (χ4n) is 6.05. The quantitative estimate of drug-likeness (QED) is 0.255. The molecule has 186 valence electrons. The molecule has 7 rings (SSSR count). The Morgan fingerprint density at radius 2 is 0.895 bits per heavy atom. The molecule has 0 saturated heterocycles. The molecule has 2 unspecified atom stereocenters. The minimum absolute atomic E-state index is 0.0557. The van der Waals surface area contributed by atoms with E-state index in [0.29, 0.717) is 5.92 Å². The van der Waals surface area contributed by atoms with Crippen LogP contribution in [0.3, 0.4) is 0 Å². The summed E-state index contributed by atoms with van der Waals surface area (Å²) in [6.07, 6.45) is 1.03. The van der Waals surface area contributed by atoms with Crippen LogP contribution in [0.4, 0.5) is 0 Å². The van der Waals surface area contributed by atoms with Crippen LogP contribution in [0.25, 0.3) is 55.0 Å². The standard InChI is InChI=1S/C35H31N3/c1-3-23(2)35(36)24-20-25(37-31-16-8-4-12-27(31)28-13-5-9-17-32(28)37)22-26(21-24)38-33-18-10-6-14-29(33)30-15-7-11-19-34(30)38/h4-23,35H,3,36H2,1-2H3. The number of aromatic nitrogens is 2. The number of rotatable bonds is 5. The number of benzene rings is 5. The van der Waals surface area contributed by atoms with Crippen molar-refractivity contribution in [1.29, 1.82) is 0 Å². The molecule has 0 saturated carbocycles. The van der Waals surface area contributed by atoms with Crippen LogP contribution in [-0.2, 0) is 0 Å². The summed E-state index contributed by atoms with van der Waals surface area (Å²) in [5, 5.41) is 5.05. The predicted octanol–water partition coefficient (Wildman–Crippen LogP) is 8.93. The summed E-state index contributed by atoms with van der Waals surface area (Å²) in [7, 11) is 0. The first kappa shape index (κ1) is 22.8. The van der Waals surface area contributed by atoms with Gasteiger partial charge in [-0.25, -0.2) is 0 Å². The van der Waals surface area contributed by atoms with E-state index in [-0.39, 0.29) is 6.04 Å². The first-order chi connectivity index (χ1) is 18.7. The maximum atomic E-state index is 6.93. The Labute approximate surface area is 222 Å². The van der Waals surface area contributed by atoms with Gasteiger partial charge in [0.05, 0.1) is 22.1 Å². The molecule has 0 amide bonds. The predicted molar refractivity (Wildman–Crippen MR) is 162 cm³/mol. The molecule has 38 heavy (non-hydrogen) atoms. The second-order valence-corrected chi connectivity index (χ2v) is 10.4. The van der Waals surface area contributed by atoms with Gasteiger partial charge in [0.1, 0.15) is 0 Å². The Morgan fingerprint density at radius 3 is 1.24 bits per heavy atom. The highest BCUT2D eigenvalue weighted by atomic mass is 15.0. The van der Waals surface area contributed by atoms with Crippen LogP contribution in [0.2, 0.25) is 0 Å². The van der Waals surface area contributed by atoms with Crippen LogP contribution in [0.5, 0.6) is 0 Å². The minimum atomic E-state index is -0.0557. The summed E-state index contributed by atoms with van der Waals surface area (Å²) >= 11 is 0. The molecular weight excluding hydrogens is 462 g/mol. The molecule has 0 fully saturated rings. The third-order valence-electron chi connectivity index (χ3n) is 8.24. The van der Waals surface area contributed by atoms with Crippen molar-refractivity contribution >= 4 is 43.6 Å². The Morgan fingerprint density at radius 1 is 0.553 bits per heavy atom. The Kier molecular flexibility index (Phi) is 5.34. The van der Waals surface area contributed by atoms with E-state index in [1.54, 1.807) is 0 Å². The van der Waals surface area contributed by atoms with Crippen molar-refractivity contribution in [2.75, 3.05) is 0 Å². The van der Waals surface area contributed by atoms with E-state index in [9.17, 15) is 0 Å². The SMILES string of the molecule is CCC(C)C(N)c1cc(-n2c3ccccc3c3ccccc32)cc(-n2c3ccccc3c3ccccc32)c1. The largest absolute Gasteiger partial charge is 0.324 e. The summed E-state index contributed by atoms with van der Waals surface area (Å²) in [4.78, 5) is 0. The molecule has 2 N–H and O–H groups in total. The van der Waals surface area contributed by atoms with Crippen LogP contribution >= 0.6 is 0 Å². The third kappa shape index (κ3) is 3.39. The average molecular weight is 494 g/mol. The number of hydrogen-bond acceptors (Lipinski definition) is 1. The average Bonchev–Trinajstić information content (AvgIpc) is 3.49. The zero-order chi connectivity index (χ0) is 25.8. The molecule has 7 aromatic rings. The van der Waals surface area contributed by atoms with E-state index in [2.05, 4.69) is 138 Å². The fourth-order valence-corrected chi connectivity index (χ4v) is 6.05. The summed E-state index contributed by atoms with van der Waals surface area (Å²) in [6.45, 7) is 4.47. The smallest absolute Gasteiger partial charge is 0.0541 e. The highest BCUT2D eigenvalue weighted by Gasteiger charge is 2.20. The van der Waals surface area contributed by atoms with E-state index in [4.69, 9.17) is 5.73 Å². The zero-order valence-electron chi connectivity index (χ0n) is 21.8. The normalized spacial score (nSPS) is 13.6. The summed E-state index contributed by atoms with van der Waals surface area (Å²) in [5.41, 5.74) is 15.2. The maximum Gasteiger partial charge on any atom is 0.0541 e. The van der Waals surface area contributed by atoms with Crippen molar-refractivity contribution in [3.05, 3.63) is 121 Å². The Hall–Kier alpha value is -4.34. The van der Waals surface area contributed by atoms with Crippen molar-refractivity contribution in [2.45, 2.75) is 26.3 Å². The molecule has 0 aliphatic heterocycles. The minimum Gasteiger partial charge on any atom is -0.324 e. The lowest BCUT2D eigenvalue weighted by Gasteiger charge is -2.22. The van der Waals surface area contributed by atoms with Crippen LogP contribution < -0.4 is 5.73 Å². The van der Waals surface area contributed by atoms with Gasteiger partial charge in [0, 0.05) is 39.0 Å². The number of hydrogen-bond donors (Lipinski definition) is 1. The Balaban J connectivity index is 1.59. The molecule has 0 bridgehead atoms. The topological polar surface area (TPSA) is 35.9 Å². The van der Waals surface area contributed by atoms with E-state index in [1.165, 1.54) is 43.6 Å². The summed E-state index contributed by atoms with van der Waals surface area (Å²) in [5.74, 6) is 0.370. The molecule has 0 aliphatic carbocycles. The molecule has 2 aromatic heterocycles.